The number of carbonyl (C=O) groups is 1. The number of hydrogen-bond acceptors (Lipinski definition) is 5. The van der Waals surface area contributed by atoms with Crippen molar-refractivity contribution in [3.8, 4) is 23.0 Å². The Morgan fingerprint density at radius 1 is 1.04 bits per heavy atom. The van der Waals surface area contributed by atoms with E-state index < -0.39 is 0 Å². The summed E-state index contributed by atoms with van der Waals surface area (Å²) in [6.07, 6.45) is 1.80. The molecule has 5 nitrogen and oxygen atoms in total. The average molecular weight is 324 g/mol. The average Bonchev–Trinajstić information content (AvgIpc) is 2.63. The number of benzene rings is 2. The van der Waals surface area contributed by atoms with E-state index in [4.69, 9.17) is 18.9 Å². The van der Waals surface area contributed by atoms with E-state index in [1.54, 1.807) is 25.3 Å². The van der Waals surface area contributed by atoms with Gasteiger partial charge in [0.25, 0.3) is 0 Å². The lowest BCUT2D eigenvalue weighted by atomic mass is 9.98. The maximum Gasteiger partial charge on any atom is 0.203 e. The molecule has 24 heavy (non-hydrogen) atoms. The van der Waals surface area contributed by atoms with Crippen LogP contribution >= 0.6 is 0 Å². The van der Waals surface area contributed by atoms with E-state index in [1.165, 1.54) is 0 Å². The van der Waals surface area contributed by atoms with Crippen molar-refractivity contribution in [2.75, 3.05) is 26.9 Å². The molecule has 2 aliphatic rings. The van der Waals surface area contributed by atoms with Gasteiger partial charge >= 0.3 is 0 Å². The molecule has 4 rings (SSSR count). The lowest BCUT2D eigenvalue weighted by Crippen LogP contribution is -2.19. The van der Waals surface area contributed by atoms with E-state index in [-0.39, 0.29) is 12.4 Å². The Hall–Kier alpha value is -2.95. The van der Waals surface area contributed by atoms with Gasteiger partial charge in [0.05, 0.1) is 12.7 Å². The van der Waals surface area contributed by atoms with Gasteiger partial charge in [-0.1, -0.05) is 12.1 Å². The van der Waals surface area contributed by atoms with E-state index in [9.17, 15) is 4.79 Å². The van der Waals surface area contributed by atoms with Gasteiger partial charge in [-0.3, -0.25) is 4.79 Å². The lowest BCUT2D eigenvalue weighted by Gasteiger charge is -2.21. The number of ether oxygens (including phenoxy) is 4. The smallest absolute Gasteiger partial charge is 0.203 e. The Balaban J connectivity index is 1.73. The highest BCUT2D eigenvalue weighted by atomic mass is 16.6. The third kappa shape index (κ3) is 2.48. The van der Waals surface area contributed by atoms with Gasteiger partial charge in [-0.05, 0) is 35.9 Å². The number of hydrogen-bond donors (Lipinski definition) is 0. The standard InChI is InChI=1S/C19H16O5/c1-21-16-9-12(10-17-19(16)23-7-6-22-17)8-13-11-24-15-5-3-2-4-14(15)18(13)20/h2-5,8-10H,6-7,11H2,1H3/b13-8-. The predicted molar refractivity (Wildman–Crippen MR) is 88.2 cm³/mol. The molecular formula is C19H16O5. The van der Waals surface area contributed by atoms with E-state index in [2.05, 4.69) is 0 Å². The Bertz CT molecular complexity index is 820. The summed E-state index contributed by atoms with van der Waals surface area (Å²) in [6.45, 7) is 1.23. The van der Waals surface area contributed by atoms with Crippen LogP contribution in [0.5, 0.6) is 23.0 Å². The SMILES string of the molecule is COc1cc(/C=C2/COc3ccccc3C2=O)cc2c1OCCO2. The summed E-state index contributed by atoms with van der Waals surface area (Å²) in [4.78, 5) is 12.6. The van der Waals surface area contributed by atoms with Crippen LogP contribution in [0, 0.1) is 0 Å². The Morgan fingerprint density at radius 2 is 1.88 bits per heavy atom. The van der Waals surface area contributed by atoms with Crippen LogP contribution in [0.2, 0.25) is 0 Å². The number of methoxy groups -OCH3 is 1. The lowest BCUT2D eigenvalue weighted by molar-refractivity contribution is 0.100. The third-order valence-corrected chi connectivity index (χ3v) is 4.00. The van der Waals surface area contributed by atoms with Crippen molar-refractivity contribution in [2.45, 2.75) is 0 Å². The Kier molecular flexibility index (Phi) is 3.61. The number of carbonyl (C=O) groups excluding carboxylic acids is 1. The molecule has 0 radical (unpaired) electrons. The molecule has 0 spiro atoms. The highest BCUT2D eigenvalue weighted by Crippen LogP contribution is 2.41. The van der Waals surface area contributed by atoms with Gasteiger partial charge in [-0.25, -0.2) is 0 Å². The van der Waals surface area contributed by atoms with Gasteiger partial charge in [0.15, 0.2) is 17.3 Å². The molecule has 0 aromatic heterocycles. The molecule has 2 aliphatic heterocycles. The highest BCUT2D eigenvalue weighted by Gasteiger charge is 2.24. The van der Waals surface area contributed by atoms with Crippen LogP contribution in [0.4, 0.5) is 0 Å². The van der Waals surface area contributed by atoms with Gasteiger partial charge < -0.3 is 18.9 Å². The molecule has 0 aliphatic carbocycles. The van der Waals surface area contributed by atoms with Gasteiger partial charge in [-0.2, -0.15) is 0 Å². The van der Waals surface area contributed by atoms with Crippen LogP contribution in [-0.4, -0.2) is 32.7 Å². The molecule has 2 aromatic carbocycles. The van der Waals surface area contributed by atoms with Crippen molar-refractivity contribution in [1.29, 1.82) is 0 Å². The van der Waals surface area contributed by atoms with Crippen LogP contribution in [0.3, 0.4) is 0 Å². The van der Waals surface area contributed by atoms with Crippen molar-refractivity contribution < 1.29 is 23.7 Å². The normalized spacial score (nSPS) is 17.2. The monoisotopic (exact) mass is 324 g/mol. The van der Waals surface area contributed by atoms with Crippen molar-refractivity contribution in [2.24, 2.45) is 0 Å². The molecule has 0 bridgehead atoms. The molecule has 2 heterocycles. The predicted octanol–water partition coefficient (Wildman–Crippen LogP) is 3.13. The first-order valence-corrected chi connectivity index (χ1v) is 7.71. The van der Waals surface area contributed by atoms with Crippen molar-refractivity contribution >= 4 is 11.9 Å². The summed E-state index contributed by atoms with van der Waals surface area (Å²) in [6, 6.07) is 10.9. The summed E-state index contributed by atoms with van der Waals surface area (Å²) in [7, 11) is 1.58. The summed E-state index contributed by atoms with van der Waals surface area (Å²) < 4.78 is 22.3. The van der Waals surface area contributed by atoms with Crippen LogP contribution < -0.4 is 18.9 Å². The maximum atomic E-state index is 12.6. The quantitative estimate of drug-likeness (QED) is 0.795. The molecule has 0 saturated carbocycles. The van der Waals surface area contributed by atoms with Crippen LogP contribution in [0.15, 0.2) is 42.0 Å². The van der Waals surface area contributed by atoms with Crippen molar-refractivity contribution in [1.82, 2.24) is 0 Å². The van der Waals surface area contributed by atoms with Gasteiger partial charge in [0, 0.05) is 5.57 Å². The van der Waals surface area contributed by atoms with Crippen molar-refractivity contribution in [3.63, 3.8) is 0 Å². The first-order valence-electron chi connectivity index (χ1n) is 7.71. The van der Waals surface area contributed by atoms with Crippen LogP contribution in [0.25, 0.3) is 6.08 Å². The minimum atomic E-state index is -0.0225. The van der Waals surface area contributed by atoms with Crippen LogP contribution in [-0.2, 0) is 0 Å². The zero-order valence-corrected chi connectivity index (χ0v) is 13.2. The number of Topliss-reactive ketones (excluding diaryl/α,β-unsaturated/α-hetero) is 1. The largest absolute Gasteiger partial charge is 0.493 e. The zero-order chi connectivity index (χ0) is 16.5. The second-order valence-electron chi connectivity index (χ2n) is 5.53. The molecule has 5 heteroatoms. The van der Waals surface area contributed by atoms with Gasteiger partial charge in [-0.15, -0.1) is 0 Å². The number of rotatable bonds is 2. The highest BCUT2D eigenvalue weighted by molar-refractivity contribution is 6.14. The minimum absolute atomic E-state index is 0.0225. The number of ketones is 1. The number of fused-ring (bicyclic) bond motifs is 2. The third-order valence-electron chi connectivity index (χ3n) is 4.00. The fourth-order valence-electron chi connectivity index (χ4n) is 2.86. The first kappa shape index (κ1) is 14.6. The van der Waals surface area contributed by atoms with E-state index in [0.717, 1.165) is 5.56 Å². The first-order chi connectivity index (χ1) is 11.8. The van der Waals surface area contributed by atoms with E-state index in [1.807, 2.05) is 24.3 Å². The maximum absolute atomic E-state index is 12.6. The summed E-state index contributed by atoms with van der Waals surface area (Å²) in [5.41, 5.74) is 1.98. The number of para-hydroxylation sites is 1. The summed E-state index contributed by atoms with van der Waals surface area (Å²) >= 11 is 0. The zero-order valence-electron chi connectivity index (χ0n) is 13.2. The molecule has 0 amide bonds. The molecule has 0 N–H and O–H groups in total. The Labute approximate surface area is 139 Å². The molecule has 0 fully saturated rings. The van der Waals surface area contributed by atoms with Crippen LogP contribution in [0.1, 0.15) is 15.9 Å². The molecule has 2 aromatic rings. The van der Waals surface area contributed by atoms with E-state index in [0.29, 0.717) is 47.3 Å². The fourth-order valence-corrected chi connectivity index (χ4v) is 2.86. The molecule has 0 atom stereocenters. The Morgan fingerprint density at radius 3 is 2.75 bits per heavy atom. The molecule has 122 valence electrons. The molecule has 0 unspecified atom stereocenters. The molecular weight excluding hydrogens is 308 g/mol. The second-order valence-corrected chi connectivity index (χ2v) is 5.53. The van der Waals surface area contributed by atoms with Gasteiger partial charge in [0.2, 0.25) is 5.75 Å². The topological polar surface area (TPSA) is 54.0 Å². The molecule has 0 saturated heterocycles. The minimum Gasteiger partial charge on any atom is -0.493 e. The van der Waals surface area contributed by atoms with Gasteiger partial charge in [0.1, 0.15) is 25.6 Å². The van der Waals surface area contributed by atoms with Crippen molar-refractivity contribution in [3.05, 3.63) is 53.1 Å². The summed E-state index contributed by atoms with van der Waals surface area (Å²) in [5, 5.41) is 0. The second kappa shape index (κ2) is 5.92. The van der Waals surface area contributed by atoms with E-state index >= 15 is 0 Å². The summed E-state index contributed by atoms with van der Waals surface area (Å²) in [5.74, 6) is 2.41. The fraction of sp³-hybridized carbons (Fsp3) is 0.211.